The summed E-state index contributed by atoms with van der Waals surface area (Å²) in [5.74, 6) is 0.651. The smallest absolute Gasteiger partial charge is 0.288 e. The Balaban J connectivity index is 2.27. The van der Waals surface area contributed by atoms with Gasteiger partial charge in [0.1, 0.15) is 0 Å². The second-order valence-corrected chi connectivity index (χ2v) is 3.04. The fourth-order valence-corrected chi connectivity index (χ4v) is 1.43. The predicted octanol–water partition coefficient (Wildman–Crippen LogP) is 0.796. The lowest BCUT2D eigenvalue weighted by Gasteiger charge is -2.18. The lowest BCUT2D eigenvalue weighted by atomic mass is 10.1. The highest BCUT2D eigenvalue weighted by atomic mass is 16.5. The molecule has 0 bridgehead atoms. The van der Waals surface area contributed by atoms with E-state index in [2.05, 4.69) is 20.7 Å². The lowest BCUT2D eigenvalue weighted by Crippen LogP contribution is -2.29. The molecule has 6 nitrogen and oxygen atoms in total. The highest BCUT2D eigenvalue weighted by Crippen LogP contribution is 2.21. The van der Waals surface area contributed by atoms with Crippen LogP contribution in [0.4, 0.5) is 0 Å². The largest absolute Gasteiger partial charge is 0.468 e. The molecule has 0 amide bonds. The van der Waals surface area contributed by atoms with Crippen molar-refractivity contribution in [1.82, 2.24) is 15.7 Å². The Morgan fingerprint density at radius 2 is 2.47 bits per heavy atom. The SMILES string of the molecule is CCC1=C(c2cnno2)CN=C(OC)N1. The molecular weight excluding hydrogens is 196 g/mol. The predicted molar refractivity (Wildman–Crippen MR) is 54.0 cm³/mol. The first kappa shape index (κ1) is 9.70. The monoisotopic (exact) mass is 208 g/mol. The second-order valence-electron chi connectivity index (χ2n) is 3.04. The first-order chi connectivity index (χ1) is 7.35. The number of nitrogens with zero attached hydrogens (tertiary/aromatic N) is 3. The molecule has 0 saturated carbocycles. The van der Waals surface area contributed by atoms with Crippen molar-refractivity contribution >= 4 is 11.6 Å². The van der Waals surface area contributed by atoms with Gasteiger partial charge in [0.15, 0.2) is 5.76 Å². The van der Waals surface area contributed by atoms with E-state index in [1.54, 1.807) is 13.3 Å². The van der Waals surface area contributed by atoms with E-state index < -0.39 is 0 Å². The topological polar surface area (TPSA) is 72.5 Å². The first-order valence-electron chi connectivity index (χ1n) is 4.70. The van der Waals surface area contributed by atoms with Crippen LogP contribution in [0.3, 0.4) is 0 Å². The molecule has 1 aromatic rings. The fraction of sp³-hybridized carbons (Fsp3) is 0.444. The number of methoxy groups -OCH3 is 1. The summed E-state index contributed by atoms with van der Waals surface area (Å²) in [5, 5.41) is 10.2. The minimum absolute atomic E-state index is 0.524. The van der Waals surface area contributed by atoms with Crippen molar-refractivity contribution in [2.75, 3.05) is 13.7 Å². The molecule has 0 atom stereocenters. The molecule has 0 saturated heterocycles. The normalized spacial score (nSPS) is 16.0. The van der Waals surface area contributed by atoms with Crippen LogP contribution >= 0.6 is 0 Å². The van der Waals surface area contributed by atoms with Gasteiger partial charge in [0, 0.05) is 16.5 Å². The number of nitrogens with one attached hydrogen (secondary N) is 1. The number of rotatable bonds is 2. The van der Waals surface area contributed by atoms with Gasteiger partial charge < -0.3 is 14.6 Å². The van der Waals surface area contributed by atoms with Gasteiger partial charge in [-0.05, 0) is 6.42 Å². The van der Waals surface area contributed by atoms with Crippen molar-refractivity contribution in [2.24, 2.45) is 4.99 Å². The van der Waals surface area contributed by atoms with E-state index in [9.17, 15) is 0 Å². The van der Waals surface area contributed by atoms with Crippen LogP contribution < -0.4 is 5.32 Å². The number of ether oxygens (including phenoxy) is 1. The van der Waals surface area contributed by atoms with E-state index >= 15 is 0 Å². The van der Waals surface area contributed by atoms with Crippen LogP contribution in [0.2, 0.25) is 0 Å². The van der Waals surface area contributed by atoms with Crippen molar-refractivity contribution in [3.8, 4) is 0 Å². The first-order valence-corrected chi connectivity index (χ1v) is 4.70. The summed E-state index contributed by atoms with van der Waals surface area (Å²) in [6.07, 6.45) is 2.43. The summed E-state index contributed by atoms with van der Waals surface area (Å²) in [4.78, 5) is 4.19. The Kier molecular flexibility index (Phi) is 2.66. The van der Waals surface area contributed by atoms with Crippen LogP contribution in [-0.4, -0.2) is 30.0 Å². The van der Waals surface area contributed by atoms with Crippen molar-refractivity contribution in [3.05, 3.63) is 17.7 Å². The molecular formula is C9H12N4O2. The van der Waals surface area contributed by atoms with E-state index in [-0.39, 0.29) is 0 Å². The summed E-state index contributed by atoms with van der Waals surface area (Å²) < 4.78 is 10.0. The lowest BCUT2D eigenvalue weighted by molar-refractivity contribution is 0.376. The average molecular weight is 208 g/mol. The maximum atomic E-state index is 5.03. The molecule has 0 unspecified atom stereocenters. The number of allylic oxidation sites excluding steroid dienone is 1. The maximum Gasteiger partial charge on any atom is 0.288 e. The Morgan fingerprint density at radius 3 is 3.07 bits per heavy atom. The molecule has 1 N–H and O–H groups in total. The molecule has 2 heterocycles. The van der Waals surface area contributed by atoms with Crippen LogP contribution in [-0.2, 0) is 4.74 Å². The molecule has 0 fully saturated rings. The van der Waals surface area contributed by atoms with Crippen LogP contribution in [0.5, 0.6) is 0 Å². The van der Waals surface area contributed by atoms with Crippen LogP contribution in [0.25, 0.3) is 5.57 Å². The number of aliphatic imine (C=N–C) groups is 1. The standard InChI is InChI=1S/C9H12N4O2/c1-3-7-6(8-5-11-13-15-8)4-10-9(12-7)14-2/h5H,3-4H2,1-2H3,(H,10,12). The number of hydrogen-bond acceptors (Lipinski definition) is 6. The van der Waals surface area contributed by atoms with E-state index in [1.807, 2.05) is 6.92 Å². The third-order valence-electron chi connectivity index (χ3n) is 2.21. The third-order valence-corrected chi connectivity index (χ3v) is 2.21. The molecule has 0 spiro atoms. The van der Waals surface area contributed by atoms with E-state index in [0.29, 0.717) is 18.3 Å². The molecule has 1 aliphatic rings. The molecule has 1 aromatic heterocycles. The number of aromatic nitrogens is 2. The Bertz CT molecular complexity index is 394. The highest BCUT2D eigenvalue weighted by molar-refractivity contribution is 5.83. The van der Waals surface area contributed by atoms with E-state index in [0.717, 1.165) is 17.7 Å². The molecule has 80 valence electrons. The summed E-state index contributed by atoms with van der Waals surface area (Å²) in [6.45, 7) is 2.57. The summed E-state index contributed by atoms with van der Waals surface area (Å²) in [6, 6.07) is 0.531. The average Bonchev–Trinajstić information content (AvgIpc) is 2.81. The molecule has 6 heteroatoms. The zero-order chi connectivity index (χ0) is 10.7. The summed E-state index contributed by atoms with van der Waals surface area (Å²) >= 11 is 0. The van der Waals surface area contributed by atoms with Crippen molar-refractivity contribution in [1.29, 1.82) is 0 Å². The van der Waals surface area contributed by atoms with Gasteiger partial charge in [0.2, 0.25) is 0 Å². The minimum Gasteiger partial charge on any atom is -0.468 e. The van der Waals surface area contributed by atoms with Gasteiger partial charge >= 0.3 is 0 Å². The van der Waals surface area contributed by atoms with Crippen molar-refractivity contribution in [3.63, 3.8) is 0 Å². The van der Waals surface area contributed by atoms with E-state index in [1.165, 1.54) is 0 Å². The minimum atomic E-state index is 0.524. The zero-order valence-electron chi connectivity index (χ0n) is 8.65. The third kappa shape index (κ3) is 1.83. The van der Waals surface area contributed by atoms with Crippen LogP contribution in [0.1, 0.15) is 19.1 Å². The quantitative estimate of drug-likeness (QED) is 0.778. The van der Waals surface area contributed by atoms with Gasteiger partial charge in [-0.3, -0.25) is 0 Å². The summed E-state index contributed by atoms with van der Waals surface area (Å²) in [7, 11) is 1.58. The molecule has 0 aromatic carbocycles. The Morgan fingerprint density at radius 1 is 1.60 bits per heavy atom. The maximum absolute atomic E-state index is 5.03. The Hall–Kier alpha value is -1.85. The summed E-state index contributed by atoms with van der Waals surface area (Å²) in [5.41, 5.74) is 2.00. The number of amidine groups is 1. The van der Waals surface area contributed by atoms with Gasteiger partial charge in [-0.25, -0.2) is 4.99 Å². The fourth-order valence-electron chi connectivity index (χ4n) is 1.43. The zero-order valence-corrected chi connectivity index (χ0v) is 8.65. The molecule has 1 aliphatic heterocycles. The van der Waals surface area contributed by atoms with Gasteiger partial charge in [-0.1, -0.05) is 6.92 Å². The van der Waals surface area contributed by atoms with Crippen molar-refractivity contribution < 1.29 is 9.26 Å². The van der Waals surface area contributed by atoms with Gasteiger partial charge in [0.05, 0.1) is 19.9 Å². The molecule has 15 heavy (non-hydrogen) atoms. The molecule has 2 rings (SSSR count). The second kappa shape index (κ2) is 4.12. The van der Waals surface area contributed by atoms with Gasteiger partial charge in [0.25, 0.3) is 6.02 Å². The molecule has 0 radical (unpaired) electrons. The highest BCUT2D eigenvalue weighted by Gasteiger charge is 2.18. The Labute approximate surface area is 87.0 Å². The molecule has 0 aliphatic carbocycles. The van der Waals surface area contributed by atoms with E-state index in [4.69, 9.17) is 9.26 Å². The van der Waals surface area contributed by atoms with Gasteiger partial charge in [-0.15, -0.1) is 5.10 Å². The van der Waals surface area contributed by atoms with Crippen molar-refractivity contribution in [2.45, 2.75) is 13.3 Å². The van der Waals surface area contributed by atoms with Gasteiger partial charge in [-0.2, -0.15) is 0 Å². The van der Waals surface area contributed by atoms with Crippen LogP contribution in [0.15, 0.2) is 21.4 Å². The van der Waals surface area contributed by atoms with Crippen LogP contribution in [0, 0.1) is 0 Å². The number of hydrogen-bond donors (Lipinski definition) is 1.